The Kier molecular flexibility index (Phi) is 16.3. The molecule has 2 N–H and O–H groups in total. The molecule has 0 aliphatic heterocycles. The maximum atomic E-state index is 9.74. The molecule has 0 bridgehead atoms. The van der Waals surface area contributed by atoms with Crippen LogP contribution >= 0.6 is 38.9 Å². The molecule has 0 spiro atoms. The van der Waals surface area contributed by atoms with Gasteiger partial charge in [0.25, 0.3) is 0 Å². The van der Waals surface area contributed by atoms with E-state index in [1.165, 1.54) is 22.3 Å². The van der Waals surface area contributed by atoms with Crippen LogP contribution < -0.4 is 21.2 Å². The van der Waals surface area contributed by atoms with Gasteiger partial charge in [0.05, 0.1) is 0 Å². The predicted octanol–water partition coefficient (Wildman–Crippen LogP) is 13.3. The van der Waals surface area contributed by atoms with Gasteiger partial charge >= 0.3 is 0 Å². The maximum absolute atomic E-state index is 9.74. The first-order valence-electron chi connectivity index (χ1n) is 19.2. The Labute approximate surface area is 357 Å². The third-order valence-electron chi connectivity index (χ3n) is 10.5. The topological polar surface area (TPSA) is 47.7 Å². The lowest BCUT2D eigenvalue weighted by Gasteiger charge is -2.29. The average molecular weight is 836 g/mol. The van der Waals surface area contributed by atoms with E-state index in [1.54, 1.807) is 0 Å². The van der Waals surface area contributed by atoms with Gasteiger partial charge in [0.15, 0.2) is 0 Å². The minimum absolute atomic E-state index is 0. The molecule has 8 aromatic carbocycles. The van der Waals surface area contributed by atoms with Crippen LogP contribution in [0.25, 0.3) is 0 Å². The summed E-state index contributed by atoms with van der Waals surface area (Å²) in [6, 6.07) is 84.1. The fourth-order valence-electron chi connectivity index (χ4n) is 7.55. The van der Waals surface area contributed by atoms with E-state index in [4.69, 9.17) is 0 Å². The maximum Gasteiger partial charge on any atom is 0.0247 e. The highest BCUT2D eigenvalue weighted by Gasteiger charge is 2.29. The Bertz CT molecular complexity index is 2110. The van der Waals surface area contributed by atoms with E-state index in [9.17, 15) is 10.3 Å². The monoisotopic (exact) mass is 834 g/mol. The molecule has 8 rings (SSSR count). The van der Waals surface area contributed by atoms with Crippen molar-refractivity contribution in [3.63, 3.8) is 0 Å². The van der Waals surface area contributed by atoms with Crippen molar-refractivity contribution in [2.24, 2.45) is 0 Å². The highest BCUT2D eigenvalue weighted by Crippen LogP contribution is 2.50. The van der Waals surface area contributed by atoms with E-state index in [0.29, 0.717) is 0 Å². The van der Waals surface area contributed by atoms with Gasteiger partial charge < -0.3 is 10.3 Å². The molecule has 0 heterocycles. The first-order chi connectivity index (χ1) is 27.5. The molecule has 0 radical (unpaired) electrons. The van der Waals surface area contributed by atoms with Crippen LogP contribution in [-0.2, 0) is 0 Å². The molecule has 0 aliphatic rings. The van der Waals surface area contributed by atoms with Gasteiger partial charge in [-0.1, -0.05) is 243 Å². The van der Waals surface area contributed by atoms with E-state index in [2.05, 4.69) is 218 Å². The van der Waals surface area contributed by atoms with E-state index in [-0.39, 0.29) is 36.6 Å². The zero-order chi connectivity index (χ0) is 38.5. The van der Waals surface area contributed by atoms with Crippen LogP contribution in [0.15, 0.2) is 243 Å². The first-order valence-corrected chi connectivity index (χ1v) is 23.2. The van der Waals surface area contributed by atoms with Gasteiger partial charge in [-0.25, -0.2) is 0 Å². The summed E-state index contributed by atoms with van der Waals surface area (Å²) in [6.45, 7) is 0. The fourth-order valence-corrected chi connectivity index (χ4v) is 13.6. The van der Waals surface area contributed by atoms with Crippen molar-refractivity contribution in [3.8, 4) is 0 Å². The summed E-state index contributed by atoms with van der Waals surface area (Å²) < 4.78 is 0. The third kappa shape index (κ3) is 10.6. The molecule has 0 amide bonds. The second kappa shape index (κ2) is 21.5. The molecule has 0 saturated heterocycles. The largest absolute Gasteiger partial charge is 0.309 e. The van der Waals surface area contributed by atoms with E-state index in [0.717, 1.165) is 33.5 Å². The van der Waals surface area contributed by atoms with Gasteiger partial charge in [-0.3, -0.25) is 0 Å². The molecule has 0 atom stereocenters. The molecule has 0 unspecified atom stereocenters. The Morgan fingerprint density at radius 1 is 0.259 bits per heavy atom. The Hall–Kier alpha value is -5.20. The van der Waals surface area contributed by atoms with E-state index >= 15 is 0 Å². The second-order valence-electron chi connectivity index (χ2n) is 14.1. The van der Waals surface area contributed by atoms with Crippen molar-refractivity contribution in [1.82, 2.24) is 0 Å². The minimum atomic E-state index is -2.31. The molecule has 6 heteroatoms. The molecule has 0 aromatic heterocycles. The van der Waals surface area contributed by atoms with Gasteiger partial charge in [0, 0.05) is 38.3 Å². The molecule has 58 heavy (non-hydrogen) atoms. The highest BCUT2D eigenvalue weighted by atomic mass is 35.5. The summed E-state index contributed by atoms with van der Waals surface area (Å²) >= 11 is 0. The summed E-state index contributed by atoms with van der Waals surface area (Å²) in [6.07, 6.45) is 1.57. The quantitative estimate of drug-likeness (QED) is 0.115. The predicted molar refractivity (Wildman–Crippen MR) is 257 cm³/mol. The Morgan fingerprint density at radius 2 is 0.414 bits per heavy atom. The standard InChI is InChI=1S/2C26H24NP.2ClH/c2*27-28(24-17-9-3-10-18-24,25-19-11-4-12-20-25)21-26(22-13-5-1-6-14-22)23-15-7-2-8-16-23;;/h2*1-20,26-27H,21H2;2*1H. The van der Waals surface area contributed by atoms with Crippen LogP contribution in [0.3, 0.4) is 0 Å². The van der Waals surface area contributed by atoms with Crippen LogP contribution in [0.2, 0.25) is 0 Å². The second-order valence-corrected chi connectivity index (χ2v) is 20.1. The normalized spacial score (nSPS) is 11.1. The van der Waals surface area contributed by atoms with Crippen LogP contribution in [-0.4, -0.2) is 12.3 Å². The van der Waals surface area contributed by atoms with E-state index < -0.39 is 14.1 Å². The molecular formula is C52H50Cl2N2P2. The van der Waals surface area contributed by atoms with Crippen molar-refractivity contribution >= 4 is 60.1 Å². The summed E-state index contributed by atoms with van der Waals surface area (Å²) in [7, 11) is -4.62. The van der Waals surface area contributed by atoms with Gasteiger partial charge in [0.1, 0.15) is 0 Å². The number of nitrogens with one attached hydrogen (secondary N) is 2. The van der Waals surface area contributed by atoms with Crippen molar-refractivity contribution in [2.75, 3.05) is 12.3 Å². The Morgan fingerprint density at radius 3 is 0.586 bits per heavy atom. The molecule has 0 aliphatic carbocycles. The zero-order valence-corrected chi connectivity index (χ0v) is 35.8. The smallest absolute Gasteiger partial charge is 0.0247 e. The molecule has 0 saturated carbocycles. The number of hydrogen-bond donors (Lipinski definition) is 2. The van der Waals surface area contributed by atoms with Crippen LogP contribution in [0.1, 0.15) is 34.1 Å². The van der Waals surface area contributed by atoms with Gasteiger partial charge in [0.2, 0.25) is 0 Å². The number of halogens is 2. The minimum Gasteiger partial charge on any atom is -0.309 e. The lowest BCUT2D eigenvalue weighted by Crippen LogP contribution is -2.21. The SMILES string of the molecule is Cl.Cl.N=P(CC(c1ccccc1)c1ccccc1)(c1ccccc1)c1ccccc1.N=P(CC(c1ccccc1)c1ccccc1)(c1ccccc1)c1ccccc1. The van der Waals surface area contributed by atoms with Crippen molar-refractivity contribution in [1.29, 1.82) is 10.3 Å². The molecular weight excluding hydrogens is 785 g/mol. The number of rotatable bonds is 12. The van der Waals surface area contributed by atoms with Crippen LogP contribution in [0.5, 0.6) is 0 Å². The summed E-state index contributed by atoms with van der Waals surface area (Å²) in [4.78, 5) is 0. The number of hydrogen-bond acceptors (Lipinski definition) is 2. The highest BCUT2D eigenvalue weighted by molar-refractivity contribution is 7.80. The van der Waals surface area contributed by atoms with Gasteiger partial charge in [-0.15, -0.1) is 24.8 Å². The lowest BCUT2D eigenvalue weighted by atomic mass is 9.93. The zero-order valence-electron chi connectivity index (χ0n) is 32.4. The fraction of sp³-hybridized carbons (Fsp3) is 0.0769. The summed E-state index contributed by atoms with van der Waals surface area (Å²) in [5, 5.41) is 24.0. The molecule has 292 valence electrons. The first kappa shape index (κ1) is 43.9. The molecule has 8 aromatic rings. The summed E-state index contributed by atoms with van der Waals surface area (Å²) in [5.41, 5.74) is 5.10. The van der Waals surface area contributed by atoms with Crippen LogP contribution in [0.4, 0.5) is 0 Å². The average Bonchev–Trinajstić information content (AvgIpc) is 3.30. The van der Waals surface area contributed by atoms with E-state index in [1.807, 2.05) is 24.3 Å². The van der Waals surface area contributed by atoms with Gasteiger partial charge in [-0.2, -0.15) is 0 Å². The van der Waals surface area contributed by atoms with Crippen LogP contribution in [0, 0.1) is 10.3 Å². The summed E-state index contributed by atoms with van der Waals surface area (Å²) in [5.74, 6) is 0.377. The molecule has 0 fully saturated rings. The van der Waals surface area contributed by atoms with Crippen molar-refractivity contribution in [3.05, 3.63) is 265 Å². The lowest BCUT2D eigenvalue weighted by molar-refractivity contribution is 0.928. The number of benzene rings is 8. The molecule has 2 nitrogen and oxygen atoms in total. The van der Waals surface area contributed by atoms with Crippen molar-refractivity contribution in [2.45, 2.75) is 11.8 Å². The third-order valence-corrected chi connectivity index (χ3v) is 17.1. The Balaban J connectivity index is 0.000000214. The van der Waals surface area contributed by atoms with Crippen molar-refractivity contribution < 1.29 is 0 Å². The van der Waals surface area contributed by atoms with Gasteiger partial charge in [-0.05, 0) is 43.5 Å².